The molecule has 5 heteroatoms. The number of pyridine rings is 1. The molecule has 0 bridgehead atoms. The Labute approximate surface area is 173 Å². The maximum Gasteiger partial charge on any atom is 0.303 e. The van der Waals surface area contributed by atoms with Crippen molar-refractivity contribution in [1.29, 1.82) is 0 Å². The zero-order chi connectivity index (χ0) is 21.3. The SMILES string of the molecule is CCCCOc1cccc(O/C(=C/c2cccnc2)C(OC(C)=O)C(C)(C)C)c1. The lowest BCUT2D eigenvalue weighted by Gasteiger charge is -2.31. The quantitative estimate of drug-likeness (QED) is 0.310. The molecule has 2 rings (SSSR count). The van der Waals surface area contributed by atoms with E-state index in [1.807, 2.05) is 63.2 Å². The van der Waals surface area contributed by atoms with E-state index in [9.17, 15) is 4.79 Å². The van der Waals surface area contributed by atoms with E-state index >= 15 is 0 Å². The molecule has 1 atom stereocenters. The molecule has 0 saturated heterocycles. The molecular weight excluding hydrogens is 366 g/mol. The van der Waals surface area contributed by atoms with Crippen molar-refractivity contribution in [1.82, 2.24) is 4.98 Å². The molecule has 2 aromatic rings. The molecule has 0 N–H and O–H groups in total. The molecule has 0 aliphatic carbocycles. The Hall–Kier alpha value is -2.82. The van der Waals surface area contributed by atoms with Gasteiger partial charge in [0, 0.05) is 30.8 Å². The van der Waals surface area contributed by atoms with Gasteiger partial charge in [-0.25, -0.2) is 0 Å². The van der Waals surface area contributed by atoms with E-state index in [1.54, 1.807) is 12.4 Å². The average molecular weight is 398 g/mol. The van der Waals surface area contributed by atoms with Crippen LogP contribution in [0.5, 0.6) is 11.5 Å². The summed E-state index contributed by atoms with van der Waals surface area (Å²) in [6.07, 6.45) is 6.81. The Balaban J connectivity index is 2.36. The maximum atomic E-state index is 11.8. The normalized spacial score (nSPS) is 12.9. The monoisotopic (exact) mass is 397 g/mol. The molecule has 1 heterocycles. The molecule has 29 heavy (non-hydrogen) atoms. The molecule has 5 nitrogen and oxygen atoms in total. The lowest BCUT2D eigenvalue weighted by Crippen LogP contribution is -2.34. The van der Waals surface area contributed by atoms with Gasteiger partial charge in [0.1, 0.15) is 17.3 Å². The fourth-order valence-electron chi connectivity index (χ4n) is 2.71. The third-order valence-corrected chi connectivity index (χ3v) is 4.13. The van der Waals surface area contributed by atoms with Crippen molar-refractivity contribution in [3.05, 3.63) is 60.1 Å². The molecule has 0 aliphatic heterocycles. The summed E-state index contributed by atoms with van der Waals surface area (Å²) in [5.41, 5.74) is 0.494. The van der Waals surface area contributed by atoms with Crippen LogP contribution in [0, 0.1) is 5.41 Å². The second-order valence-electron chi connectivity index (χ2n) is 7.97. The molecule has 0 radical (unpaired) electrons. The maximum absolute atomic E-state index is 11.8. The van der Waals surface area contributed by atoms with Gasteiger partial charge in [-0.2, -0.15) is 0 Å². The summed E-state index contributed by atoms with van der Waals surface area (Å²) < 4.78 is 17.7. The first-order valence-electron chi connectivity index (χ1n) is 9.99. The number of hydrogen-bond donors (Lipinski definition) is 0. The van der Waals surface area contributed by atoms with Gasteiger partial charge in [0.2, 0.25) is 0 Å². The van der Waals surface area contributed by atoms with Crippen molar-refractivity contribution in [3.63, 3.8) is 0 Å². The Kier molecular flexibility index (Phi) is 8.25. The van der Waals surface area contributed by atoms with E-state index in [2.05, 4.69) is 11.9 Å². The highest BCUT2D eigenvalue weighted by molar-refractivity contribution is 5.67. The summed E-state index contributed by atoms with van der Waals surface area (Å²) in [6.45, 7) is 10.2. The van der Waals surface area contributed by atoms with Gasteiger partial charge < -0.3 is 14.2 Å². The van der Waals surface area contributed by atoms with Crippen molar-refractivity contribution in [2.24, 2.45) is 5.41 Å². The standard InChI is InChI=1S/C24H31NO4/c1-6-7-14-27-20-11-8-12-21(16-20)29-22(15-19-10-9-13-25-17-19)23(24(3,4)5)28-18(2)26/h8-13,15-17,23H,6-7,14H2,1-5H3/b22-15+. The lowest BCUT2D eigenvalue weighted by atomic mass is 9.87. The summed E-state index contributed by atoms with van der Waals surface area (Å²) >= 11 is 0. The third kappa shape index (κ3) is 7.60. The topological polar surface area (TPSA) is 57.6 Å². The Morgan fingerprint density at radius 2 is 1.93 bits per heavy atom. The zero-order valence-corrected chi connectivity index (χ0v) is 18.0. The van der Waals surface area contributed by atoms with Crippen LogP contribution in [-0.4, -0.2) is 23.7 Å². The first-order valence-corrected chi connectivity index (χ1v) is 9.99. The van der Waals surface area contributed by atoms with Crippen molar-refractivity contribution >= 4 is 12.0 Å². The van der Waals surface area contributed by atoms with Crippen LogP contribution in [0.2, 0.25) is 0 Å². The number of rotatable bonds is 9. The Morgan fingerprint density at radius 3 is 2.55 bits per heavy atom. The van der Waals surface area contributed by atoms with E-state index in [4.69, 9.17) is 14.2 Å². The third-order valence-electron chi connectivity index (χ3n) is 4.13. The van der Waals surface area contributed by atoms with Gasteiger partial charge in [0.05, 0.1) is 6.61 Å². The van der Waals surface area contributed by atoms with Crippen LogP contribution in [0.4, 0.5) is 0 Å². The van der Waals surface area contributed by atoms with E-state index < -0.39 is 6.10 Å². The summed E-state index contributed by atoms with van der Waals surface area (Å²) in [6, 6.07) is 11.3. The Bertz CT molecular complexity index is 809. The van der Waals surface area contributed by atoms with Crippen LogP contribution < -0.4 is 9.47 Å². The highest BCUT2D eigenvalue weighted by Gasteiger charge is 2.33. The largest absolute Gasteiger partial charge is 0.493 e. The van der Waals surface area contributed by atoms with Crippen LogP contribution >= 0.6 is 0 Å². The van der Waals surface area contributed by atoms with Gasteiger partial charge in [-0.15, -0.1) is 0 Å². The summed E-state index contributed by atoms with van der Waals surface area (Å²) in [5, 5.41) is 0. The van der Waals surface area contributed by atoms with Crippen molar-refractivity contribution in [3.8, 4) is 11.5 Å². The van der Waals surface area contributed by atoms with Gasteiger partial charge in [0.25, 0.3) is 0 Å². The first kappa shape index (κ1) is 22.5. The highest BCUT2D eigenvalue weighted by atomic mass is 16.6. The van der Waals surface area contributed by atoms with Crippen molar-refractivity contribution in [2.75, 3.05) is 6.61 Å². The molecule has 0 spiro atoms. The molecule has 1 aromatic heterocycles. The van der Waals surface area contributed by atoms with Crippen LogP contribution in [-0.2, 0) is 9.53 Å². The summed E-state index contributed by atoms with van der Waals surface area (Å²) in [5.74, 6) is 1.54. The van der Waals surface area contributed by atoms with Crippen LogP contribution in [0.3, 0.4) is 0 Å². The molecule has 0 saturated carbocycles. The van der Waals surface area contributed by atoms with Gasteiger partial charge in [-0.3, -0.25) is 9.78 Å². The fraction of sp³-hybridized carbons (Fsp3) is 0.417. The number of carbonyl (C=O) groups excluding carboxylic acids is 1. The molecule has 1 unspecified atom stereocenters. The lowest BCUT2D eigenvalue weighted by molar-refractivity contribution is -0.150. The number of carbonyl (C=O) groups is 1. The molecule has 0 aliphatic rings. The zero-order valence-electron chi connectivity index (χ0n) is 18.0. The first-order chi connectivity index (χ1) is 13.8. The number of aromatic nitrogens is 1. The summed E-state index contributed by atoms with van der Waals surface area (Å²) in [7, 11) is 0. The van der Waals surface area contributed by atoms with Crippen molar-refractivity contribution < 1.29 is 19.0 Å². The summed E-state index contributed by atoms with van der Waals surface area (Å²) in [4.78, 5) is 15.9. The van der Waals surface area contributed by atoms with E-state index in [0.29, 0.717) is 18.1 Å². The van der Waals surface area contributed by atoms with E-state index in [1.165, 1.54) is 6.92 Å². The fourth-order valence-corrected chi connectivity index (χ4v) is 2.71. The van der Waals surface area contributed by atoms with Crippen molar-refractivity contribution in [2.45, 2.75) is 53.6 Å². The van der Waals surface area contributed by atoms with E-state index in [-0.39, 0.29) is 11.4 Å². The number of nitrogens with zero attached hydrogens (tertiary/aromatic N) is 1. The number of esters is 1. The van der Waals surface area contributed by atoms with Gasteiger partial charge >= 0.3 is 5.97 Å². The van der Waals surface area contributed by atoms with Crippen LogP contribution in [0.1, 0.15) is 53.0 Å². The van der Waals surface area contributed by atoms with E-state index in [0.717, 1.165) is 24.2 Å². The van der Waals surface area contributed by atoms with Crippen LogP contribution in [0.15, 0.2) is 54.6 Å². The highest BCUT2D eigenvalue weighted by Crippen LogP contribution is 2.32. The van der Waals surface area contributed by atoms with Crippen LogP contribution in [0.25, 0.3) is 6.08 Å². The smallest absolute Gasteiger partial charge is 0.303 e. The molecular formula is C24H31NO4. The number of hydrogen-bond acceptors (Lipinski definition) is 5. The molecule has 0 fully saturated rings. The number of benzene rings is 1. The molecule has 156 valence electrons. The van der Waals surface area contributed by atoms with Gasteiger partial charge in [0.15, 0.2) is 6.10 Å². The molecule has 0 amide bonds. The van der Waals surface area contributed by atoms with Gasteiger partial charge in [-0.1, -0.05) is 46.2 Å². The second kappa shape index (κ2) is 10.6. The average Bonchev–Trinajstić information content (AvgIpc) is 2.66. The molecule has 1 aromatic carbocycles. The Morgan fingerprint density at radius 1 is 1.17 bits per heavy atom. The number of unbranched alkanes of at least 4 members (excludes halogenated alkanes) is 1. The minimum Gasteiger partial charge on any atom is -0.493 e. The minimum absolute atomic E-state index is 0.359. The second-order valence-corrected chi connectivity index (χ2v) is 7.97. The van der Waals surface area contributed by atoms with Gasteiger partial charge in [-0.05, 0) is 36.3 Å². The predicted molar refractivity (Wildman–Crippen MR) is 115 cm³/mol. The number of ether oxygens (including phenoxy) is 3. The minimum atomic E-state index is -0.565. The predicted octanol–water partition coefficient (Wildman–Crippen LogP) is 5.66.